The van der Waals surface area contributed by atoms with Gasteiger partial charge >= 0.3 is 12.1 Å². The minimum atomic E-state index is -2.82. The summed E-state index contributed by atoms with van der Waals surface area (Å²) in [6, 6.07) is 29.9. The maximum atomic E-state index is 13.4. The van der Waals surface area contributed by atoms with Gasteiger partial charge in [-0.2, -0.15) is 0 Å². The Kier molecular flexibility index (Phi) is 8.62. The number of carboxylic acid groups (broad SMARTS) is 1. The van der Waals surface area contributed by atoms with Gasteiger partial charge in [0.05, 0.1) is 18.1 Å². The predicted octanol–water partition coefficient (Wildman–Crippen LogP) is 5.46. The van der Waals surface area contributed by atoms with Crippen molar-refractivity contribution in [3.63, 3.8) is 0 Å². The fourth-order valence-corrected chi connectivity index (χ4v) is 10.2. The van der Waals surface area contributed by atoms with E-state index in [0.717, 1.165) is 15.9 Å². The molecule has 206 valence electrons. The third kappa shape index (κ3) is 6.10. The van der Waals surface area contributed by atoms with Gasteiger partial charge in [0, 0.05) is 6.54 Å². The van der Waals surface area contributed by atoms with E-state index in [1.807, 2.05) is 66.7 Å². The number of carboxylic acids is 1. The van der Waals surface area contributed by atoms with Crippen molar-refractivity contribution in [2.75, 3.05) is 13.2 Å². The Labute approximate surface area is 232 Å². The molecule has 0 unspecified atom stereocenters. The van der Waals surface area contributed by atoms with E-state index in [1.165, 1.54) is 0 Å². The van der Waals surface area contributed by atoms with Crippen LogP contribution in [0.2, 0.25) is 5.04 Å². The number of hydrogen-bond donors (Lipinski definition) is 1. The van der Waals surface area contributed by atoms with Gasteiger partial charge in [-0.3, -0.25) is 4.79 Å². The van der Waals surface area contributed by atoms with E-state index in [2.05, 4.69) is 45.0 Å². The van der Waals surface area contributed by atoms with Crippen LogP contribution in [0.15, 0.2) is 91.0 Å². The van der Waals surface area contributed by atoms with E-state index >= 15 is 0 Å². The molecule has 1 aliphatic rings. The SMILES string of the molecule is CC(C)(C)[Si](OC[C@H]1CC[C@](C)(C(=O)O)CN1C(=O)OCc1ccccc1)(c1ccccc1)c1ccccc1. The van der Waals surface area contributed by atoms with Crippen molar-refractivity contribution in [3.8, 4) is 0 Å². The molecule has 1 amide bonds. The average molecular weight is 546 g/mol. The molecule has 3 aromatic carbocycles. The van der Waals surface area contributed by atoms with Crippen LogP contribution in [0.4, 0.5) is 4.79 Å². The Morgan fingerprint density at radius 3 is 1.92 bits per heavy atom. The Morgan fingerprint density at radius 2 is 1.44 bits per heavy atom. The van der Waals surface area contributed by atoms with E-state index in [1.54, 1.807) is 11.8 Å². The molecule has 6 nitrogen and oxygen atoms in total. The third-order valence-electron chi connectivity index (χ3n) is 7.85. The summed E-state index contributed by atoms with van der Waals surface area (Å²) in [7, 11) is -2.82. The van der Waals surface area contributed by atoms with Crippen LogP contribution >= 0.6 is 0 Å². The summed E-state index contributed by atoms with van der Waals surface area (Å²) in [6.45, 7) is 8.84. The summed E-state index contributed by atoms with van der Waals surface area (Å²) < 4.78 is 12.8. The number of ether oxygens (including phenoxy) is 1. The van der Waals surface area contributed by atoms with Crippen LogP contribution in [0.5, 0.6) is 0 Å². The molecule has 0 aromatic heterocycles. The van der Waals surface area contributed by atoms with E-state index in [4.69, 9.17) is 9.16 Å². The quantitative estimate of drug-likeness (QED) is 0.381. The standard InChI is InChI=1S/C32H39NO5Si/c1-31(2,3)39(27-16-10-6-11-17-27,28-18-12-7-13-19-28)38-23-26-20-21-32(4,29(34)35)24-33(26)30(36)37-22-25-14-8-5-9-15-25/h5-19,26H,20-24H2,1-4H3,(H,34,35)/t26-,32+/m1/s1. The average Bonchev–Trinajstić information content (AvgIpc) is 2.93. The highest BCUT2D eigenvalue weighted by atomic mass is 28.4. The maximum Gasteiger partial charge on any atom is 0.410 e. The second-order valence-corrected chi connectivity index (χ2v) is 16.0. The molecule has 0 saturated carbocycles. The molecule has 39 heavy (non-hydrogen) atoms. The first kappa shape index (κ1) is 28.6. The van der Waals surface area contributed by atoms with Gasteiger partial charge in [-0.15, -0.1) is 0 Å². The molecule has 0 bridgehead atoms. The number of rotatable bonds is 8. The number of likely N-dealkylation sites (tertiary alicyclic amines) is 1. The summed E-state index contributed by atoms with van der Waals surface area (Å²) in [6.07, 6.45) is 0.461. The Morgan fingerprint density at radius 1 is 0.923 bits per heavy atom. The van der Waals surface area contributed by atoms with Gasteiger partial charge in [0.2, 0.25) is 0 Å². The lowest BCUT2D eigenvalue weighted by molar-refractivity contribution is -0.152. The highest BCUT2D eigenvalue weighted by Crippen LogP contribution is 2.39. The summed E-state index contributed by atoms with van der Waals surface area (Å²) in [5.41, 5.74) is -0.163. The number of amides is 1. The molecule has 1 N–H and O–H groups in total. The zero-order valence-electron chi connectivity index (χ0n) is 23.3. The number of aliphatic carboxylic acids is 1. The van der Waals surface area contributed by atoms with E-state index in [9.17, 15) is 14.7 Å². The van der Waals surface area contributed by atoms with Crippen LogP contribution in [0.25, 0.3) is 0 Å². The lowest BCUT2D eigenvalue weighted by Gasteiger charge is -2.46. The number of carbonyl (C=O) groups is 2. The predicted molar refractivity (Wildman–Crippen MR) is 156 cm³/mol. The van der Waals surface area contributed by atoms with E-state index in [0.29, 0.717) is 19.4 Å². The van der Waals surface area contributed by atoms with Crippen molar-refractivity contribution < 1.29 is 23.9 Å². The summed E-state index contributed by atoms with van der Waals surface area (Å²) >= 11 is 0. The number of nitrogens with zero attached hydrogens (tertiary/aromatic N) is 1. The Balaban J connectivity index is 1.65. The second kappa shape index (κ2) is 11.8. The number of hydrogen-bond acceptors (Lipinski definition) is 4. The van der Waals surface area contributed by atoms with Crippen LogP contribution in [-0.2, 0) is 20.6 Å². The molecule has 0 radical (unpaired) electrons. The van der Waals surface area contributed by atoms with Crippen LogP contribution in [0.3, 0.4) is 0 Å². The van der Waals surface area contributed by atoms with Gasteiger partial charge in [0.15, 0.2) is 0 Å². The molecule has 2 atom stereocenters. The molecule has 1 fully saturated rings. The van der Waals surface area contributed by atoms with Crippen molar-refractivity contribution >= 4 is 30.8 Å². The normalized spacial score (nSPS) is 19.9. The van der Waals surface area contributed by atoms with Crippen molar-refractivity contribution in [2.24, 2.45) is 5.41 Å². The Bertz CT molecular complexity index is 1210. The highest BCUT2D eigenvalue weighted by molar-refractivity contribution is 6.99. The van der Waals surface area contributed by atoms with Gasteiger partial charge < -0.3 is 19.2 Å². The molecule has 7 heteroatoms. The van der Waals surface area contributed by atoms with E-state index < -0.39 is 25.8 Å². The zero-order chi connectivity index (χ0) is 28.1. The first-order chi connectivity index (χ1) is 18.6. The third-order valence-corrected chi connectivity index (χ3v) is 12.9. The molecule has 1 saturated heterocycles. The lowest BCUT2D eigenvalue weighted by Crippen LogP contribution is -2.68. The first-order valence-corrected chi connectivity index (χ1v) is 15.4. The van der Waals surface area contributed by atoms with Gasteiger partial charge in [-0.25, -0.2) is 4.79 Å². The van der Waals surface area contributed by atoms with Crippen molar-refractivity contribution in [1.29, 1.82) is 0 Å². The summed E-state index contributed by atoms with van der Waals surface area (Å²) in [4.78, 5) is 27.1. The fraction of sp³-hybridized carbons (Fsp3) is 0.375. The molecular formula is C32H39NO5Si. The zero-order valence-corrected chi connectivity index (χ0v) is 24.3. The lowest BCUT2D eigenvalue weighted by atomic mass is 9.79. The Hall–Kier alpha value is -3.42. The summed E-state index contributed by atoms with van der Waals surface area (Å²) in [5.74, 6) is -0.908. The molecule has 3 aromatic rings. The topological polar surface area (TPSA) is 76.1 Å². The van der Waals surface area contributed by atoms with Gasteiger partial charge in [0.25, 0.3) is 8.32 Å². The van der Waals surface area contributed by atoms with Crippen molar-refractivity contribution in [3.05, 3.63) is 96.6 Å². The monoisotopic (exact) mass is 545 g/mol. The molecule has 0 spiro atoms. The minimum Gasteiger partial charge on any atom is -0.481 e. The first-order valence-electron chi connectivity index (χ1n) is 13.5. The molecule has 4 rings (SSSR count). The van der Waals surface area contributed by atoms with Crippen LogP contribution in [0, 0.1) is 5.41 Å². The number of benzene rings is 3. The maximum absolute atomic E-state index is 13.4. The van der Waals surface area contributed by atoms with E-state index in [-0.39, 0.29) is 24.2 Å². The van der Waals surface area contributed by atoms with Crippen molar-refractivity contribution in [2.45, 2.75) is 58.2 Å². The largest absolute Gasteiger partial charge is 0.481 e. The van der Waals surface area contributed by atoms with Crippen LogP contribution < -0.4 is 10.4 Å². The molecule has 0 aliphatic carbocycles. The van der Waals surface area contributed by atoms with Crippen LogP contribution in [-0.4, -0.2) is 49.6 Å². The van der Waals surface area contributed by atoms with Crippen LogP contribution in [0.1, 0.15) is 46.1 Å². The molecule has 1 aliphatic heterocycles. The minimum absolute atomic E-state index is 0.0741. The van der Waals surface area contributed by atoms with Gasteiger partial charge in [0.1, 0.15) is 6.61 Å². The fourth-order valence-electron chi connectivity index (χ4n) is 5.57. The molecular weight excluding hydrogens is 506 g/mol. The van der Waals surface area contributed by atoms with Gasteiger partial charge in [-0.05, 0) is 40.7 Å². The number of piperidine rings is 1. The van der Waals surface area contributed by atoms with Crippen molar-refractivity contribution in [1.82, 2.24) is 4.90 Å². The molecule has 1 heterocycles. The smallest absolute Gasteiger partial charge is 0.410 e. The van der Waals surface area contributed by atoms with Gasteiger partial charge in [-0.1, -0.05) is 112 Å². The highest BCUT2D eigenvalue weighted by Gasteiger charge is 2.51. The summed E-state index contributed by atoms with van der Waals surface area (Å²) in [5, 5.41) is 12.1. The second-order valence-electron chi connectivity index (χ2n) is 11.7. The number of carbonyl (C=O) groups excluding carboxylic acids is 1.